The van der Waals surface area contributed by atoms with Crippen LogP contribution < -0.4 is 25.0 Å². The molecule has 0 radical (unpaired) electrons. The number of nitrogens with zero attached hydrogens (tertiary/aromatic N) is 1. The van der Waals surface area contributed by atoms with Crippen molar-refractivity contribution in [1.29, 1.82) is 0 Å². The average molecular weight is 442 g/mol. The van der Waals surface area contributed by atoms with E-state index in [0.717, 1.165) is 37.6 Å². The van der Waals surface area contributed by atoms with Crippen molar-refractivity contribution < 1.29 is 19.0 Å². The van der Waals surface area contributed by atoms with Gasteiger partial charge in [-0.2, -0.15) is 0 Å². The second-order valence-corrected chi connectivity index (χ2v) is 8.80. The Hall–Kier alpha value is -2.93. The molecule has 7 nitrogen and oxygen atoms in total. The minimum atomic E-state index is -0.293. The largest absolute Gasteiger partial charge is 0.490 e. The highest BCUT2D eigenvalue weighted by molar-refractivity contribution is 5.78. The lowest BCUT2D eigenvalue weighted by molar-refractivity contribution is -0.124. The normalized spacial score (nSPS) is 14.1. The van der Waals surface area contributed by atoms with E-state index in [-0.39, 0.29) is 18.1 Å². The summed E-state index contributed by atoms with van der Waals surface area (Å²) in [5.74, 6) is 1.04. The van der Waals surface area contributed by atoms with E-state index in [9.17, 15) is 4.79 Å². The van der Waals surface area contributed by atoms with Crippen LogP contribution in [0.3, 0.4) is 0 Å². The summed E-state index contributed by atoms with van der Waals surface area (Å²) in [6.07, 6.45) is 0. The van der Waals surface area contributed by atoms with Crippen LogP contribution >= 0.6 is 0 Å². The fourth-order valence-corrected chi connectivity index (χ4v) is 3.46. The number of hydrogen-bond donors (Lipinski definition) is 2. The Kier molecular flexibility index (Phi) is 8.22. The van der Waals surface area contributed by atoms with Gasteiger partial charge in [0.25, 0.3) is 5.91 Å². The van der Waals surface area contributed by atoms with Crippen molar-refractivity contribution in [3.05, 3.63) is 48.0 Å². The van der Waals surface area contributed by atoms with Crippen LogP contribution in [0.1, 0.15) is 33.3 Å². The smallest absolute Gasteiger partial charge is 0.258 e. The molecule has 0 saturated carbocycles. The van der Waals surface area contributed by atoms with Crippen molar-refractivity contribution in [2.24, 2.45) is 0 Å². The molecule has 1 fully saturated rings. The maximum absolute atomic E-state index is 12.1. The van der Waals surface area contributed by atoms with E-state index in [1.165, 1.54) is 5.69 Å². The molecule has 32 heavy (non-hydrogen) atoms. The third-order valence-electron chi connectivity index (χ3n) is 4.92. The van der Waals surface area contributed by atoms with E-state index in [1.54, 1.807) is 0 Å². The highest BCUT2D eigenvalue weighted by atomic mass is 16.5. The third-order valence-corrected chi connectivity index (χ3v) is 4.92. The Morgan fingerprint density at radius 3 is 2.41 bits per heavy atom. The number of rotatable bonds is 9. The van der Waals surface area contributed by atoms with Crippen LogP contribution in [-0.2, 0) is 16.1 Å². The second kappa shape index (κ2) is 11.1. The number of benzene rings is 2. The molecule has 0 aromatic heterocycles. The molecule has 0 bridgehead atoms. The van der Waals surface area contributed by atoms with E-state index in [2.05, 4.69) is 39.8 Å². The fourth-order valence-electron chi connectivity index (χ4n) is 3.46. The van der Waals surface area contributed by atoms with Gasteiger partial charge < -0.3 is 29.7 Å². The standard InChI is InChI=1S/C25H35N3O4/c1-5-31-23-16-19(6-11-22(23)32-18-24(29)27-25(2,3)4)17-26-20-7-9-21(10-8-20)28-12-14-30-15-13-28/h6-11,16,26H,5,12-15,17-18H2,1-4H3,(H,27,29). The molecule has 0 spiro atoms. The Morgan fingerprint density at radius 1 is 1.03 bits per heavy atom. The number of morpholine rings is 1. The second-order valence-electron chi connectivity index (χ2n) is 8.80. The summed E-state index contributed by atoms with van der Waals surface area (Å²) in [7, 11) is 0. The van der Waals surface area contributed by atoms with Crippen LogP contribution in [0.25, 0.3) is 0 Å². The quantitative estimate of drug-likeness (QED) is 0.616. The first-order valence-electron chi connectivity index (χ1n) is 11.2. The molecule has 0 atom stereocenters. The Bertz CT molecular complexity index is 872. The summed E-state index contributed by atoms with van der Waals surface area (Å²) in [6, 6.07) is 14.3. The van der Waals surface area contributed by atoms with E-state index >= 15 is 0 Å². The Labute approximate surface area is 191 Å². The minimum absolute atomic E-state index is 0.0512. The predicted molar refractivity (Wildman–Crippen MR) is 128 cm³/mol. The van der Waals surface area contributed by atoms with Gasteiger partial charge in [-0.25, -0.2) is 0 Å². The number of anilines is 2. The lowest BCUT2D eigenvalue weighted by Crippen LogP contribution is -2.43. The first-order chi connectivity index (χ1) is 15.3. The number of amides is 1. The molecule has 1 heterocycles. The zero-order valence-corrected chi connectivity index (χ0v) is 19.6. The van der Waals surface area contributed by atoms with E-state index in [0.29, 0.717) is 24.7 Å². The maximum Gasteiger partial charge on any atom is 0.258 e. The van der Waals surface area contributed by atoms with Crippen LogP contribution in [0.2, 0.25) is 0 Å². The Morgan fingerprint density at radius 2 is 1.75 bits per heavy atom. The van der Waals surface area contributed by atoms with Gasteiger partial charge in [-0.15, -0.1) is 0 Å². The van der Waals surface area contributed by atoms with Gasteiger partial charge in [0.15, 0.2) is 18.1 Å². The van der Waals surface area contributed by atoms with Gasteiger partial charge in [0.2, 0.25) is 0 Å². The highest BCUT2D eigenvalue weighted by Crippen LogP contribution is 2.29. The van der Waals surface area contributed by atoms with Gasteiger partial charge in [-0.05, 0) is 69.7 Å². The molecule has 2 aromatic carbocycles. The van der Waals surface area contributed by atoms with Crippen LogP contribution in [-0.4, -0.2) is 51.0 Å². The van der Waals surface area contributed by atoms with Gasteiger partial charge in [-0.1, -0.05) is 6.07 Å². The molecular weight excluding hydrogens is 406 g/mol. The van der Waals surface area contributed by atoms with Gasteiger partial charge >= 0.3 is 0 Å². The number of ether oxygens (including phenoxy) is 3. The van der Waals surface area contributed by atoms with Crippen molar-refractivity contribution in [3.8, 4) is 11.5 Å². The lowest BCUT2D eigenvalue weighted by atomic mass is 10.1. The fraction of sp³-hybridized carbons (Fsp3) is 0.480. The molecule has 1 saturated heterocycles. The summed E-state index contributed by atoms with van der Waals surface area (Å²) in [5.41, 5.74) is 3.05. The van der Waals surface area contributed by atoms with E-state index < -0.39 is 0 Å². The van der Waals surface area contributed by atoms with Crippen molar-refractivity contribution >= 4 is 17.3 Å². The van der Waals surface area contributed by atoms with Gasteiger partial charge in [0.05, 0.1) is 19.8 Å². The van der Waals surface area contributed by atoms with Gasteiger partial charge in [0.1, 0.15) is 0 Å². The minimum Gasteiger partial charge on any atom is -0.490 e. The monoisotopic (exact) mass is 441 g/mol. The predicted octanol–water partition coefficient (Wildman–Crippen LogP) is 3.83. The molecule has 7 heteroatoms. The number of carbonyl (C=O) groups is 1. The van der Waals surface area contributed by atoms with Crippen LogP contribution in [0.15, 0.2) is 42.5 Å². The SMILES string of the molecule is CCOc1cc(CNc2ccc(N3CCOCC3)cc2)ccc1OCC(=O)NC(C)(C)C. The van der Waals surface area contributed by atoms with Gasteiger partial charge in [-0.3, -0.25) is 4.79 Å². The van der Waals surface area contributed by atoms with Crippen molar-refractivity contribution in [2.75, 3.05) is 49.7 Å². The molecule has 1 aliphatic heterocycles. The zero-order chi connectivity index (χ0) is 23.0. The topological polar surface area (TPSA) is 72.1 Å². The van der Waals surface area contributed by atoms with E-state index in [4.69, 9.17) is 14.2 Å². The first kappa shape index (κ1) is 23.7. The molecule has 0 unspecified atom stereocenters. The van der Waals surface area contributed by atoms with Crippen molar-refractivity contribution in [2.45, 2.75) is 39.8 Å². The van der Waals surface area contributed by atoms with Gasteiger partial charge in [0, 0.05) is 36.5 Å². The summed E-state index contributed by atoms with van der Waals surface area (Å²) in [5, 5.41) is 6.34. The molecule has 3 rings (SSSR count). The maximum atomic E-state index is 12.1. The van der Waals surface area contributed by atoms with Crippen molar-refractivity contribution in [3.63, 3.8) is 0 Å². The number of nitrogens with one attached hydrogen (secondary N) is 2. The summed E-state index contributed by atoms with van der Waals surface area (Å²) < 4.78 is 16.9. The molecule has 0 aliphatic carbocycles. The first-order valence-corrected chi connectivity index (χ1v) is 11.2. The molecule has 1 aliphatic rings. The number of carbonyl (C=O) groups excluding carboxylic acids is 1. The highest BCUT2D eigenvalue weighted by Gasteiger charge is 2.15. The Balaban J connectivity index is 1.57. The third kappa shape index (κ3) is 7.34. The lowest BCUT2D eigenvalue weighted by Gasteiger charge is -2.29. The average Bonchev–Trinajstić information content (AvgIpc) is 2.77. The van der Waals surface area contributed by atoms with E-state index in [1.807, 2.05) is 45.9 Å². The number of hydrogen-bond acceptors (Lipinski definition) is 6. The molecule has 2 N–H and O–H groups in total. The molecule has 1 amide bonds. The zero-order valence-electron chi connectivity index (χ0n) is 19.6. The molecule has 174 valence electrons. The molecular formula is C25H35N3O4. The summed E-state index contributed by atoms with van der Waals surface area (Å²) in [6.45, 7) is 12.3. The van der Waals surface area contributed by atoms with Crippen molar-refractivity contribution in [1.82, 2.24) is 5.32 Å². The summed E-state index contributed by atoms with van der Waals surface area (Å²) in [4.78, 5) is 14.4. The van der Waals surface area contributed by atoms with Crippen LogP contribution in [0.4, 0.5) is 11.4 Å². The summed E-state index contributed by atoms with van der Waals surface area (Å²) >= 11 is 0. The molecule has 2 aromatic rings. The van der Waals surface area contributed by atoms with Crippen LogP contribution in [0.5, 0.6) is 11.5 Å². The van der Waals surface area contributed by atoms with Crippen LogP contribution in [0, 0.1) is 0 Å².